The number of nitrogens with one attached hydrogen (secondary N) is 2. The van der Waals surface area contributed by atoms with Gasteiger partial charge in [0.05, 0.1) is 0 Å². The van der Waals surface area contributed by atoms with Crippen molar-refractivity contribution in [2.24, 2.45) is 0 Å². The molecule has 1 aromatic rings. The van der Waals surface area contributed by atoms with E-state index in [0.29, 0.717) is 6.07 Å². The van der Waals surface area contributed by atoms with E-state index >= 15 is 0 Å². The van der Waals surface area contributed by atoms with Crippen molar-refractivity contribution in [1.82, 2.24) is 15.3 Å². The Balaban J connectivity index is 2.88. The van der Waals surface area contributed by atoms with E-state index in [1.165, 1.54) is 6.92 Å². The van der Waals surface area contributed by atoms with E-state index in [9.17, 15) is 18.0 Å². The van der Waals surface area contributed by atoms with Gasteiger partial charge in [-0.15, -0.1) is 0 Å². The van der Waals surface area contributed by atoms with Crippen LogP contribution in [0.4, 0.5) is 24.9 Å². The second-order valence-corrected chi connectivity index (χ2v) is 5.60. The maximum absolute atomic E-state index is 12.6. The average molecular weight is 305 g/mol. The maximum Gasteiger partial charge on any atom is 0.433 e. The van der Waals surface area contributed by atoms with Gasteiger partial charge in [-0.2, -0.15) is 18.2 Å². The van der Waals surface area contributed by atoms with Gasteiger partial charge in [-0.05, 0) is 27.7 Å². The summed E-state index contributed by atoms with van der Waals surface area (Å²) in [5.74, 6) is -1.05. The number of nitrogens with two attached hydrogens (primary N) is 1. The van der Waals surface area contributed by atoms with Gasteiger partial charge in [0.1, 0.15) is 11.9 Å². The molecule has 0 aromatic carbocycles. The maximum atomic E-state index is 12.6. The molecule has 0 bridgehead atoms. The van der Waals surface area contributed by atoms with Crippen LogP contribution in [0.5, 0.6) is 0 Å². The SMILES string of the molecule is CC(Nc1cc(C(F)(F)F)nc(N)n1)C(=O)NC(C)(C)C. The molecular weight excluding hydrogens is 287 g/mol. The van der Waals surface area contributed by atoms with Crippen LogP contribution in [-0.2, 0) is 11.0 Å². The molecule has 1 aromatic heterocycles. The number of rotatable bonds is 3. The van der Waals surface area contributed by atoms with E-state index < -0.39 is 29.4 Å². The molecule has 0 aliphatic carbocycles. The number of carbonyl (C=O) groups is 1. The molecule has 118 valence electrons. The van der Waals surface area contributed by atoms with Crippen LogP contribution < -0.4 is 16.4 Å². The summed E-state index contributed by atoms with van der Waals surface area (Å²) in [7, 11) is 0. The number of alkyl halides is 3. The van der Waals surface area contributed by atoms with E-state index in [4.69, 9.17) is 5.73 Å². The number of nitrogen functional groups attached to an aromatic ring is 1. The molecule has 6 nitrogen and oxygen atoms in total. The Morgan fingerprint density at radius 1 is 1.29 bits per heavy atom. The summed E-state index contributed by atoms with van der Waals surface area (Å²) in [5.41, 5.74) is 3.63. The van der Waals surface area contributed by atoms with Crippen molar-refractivity contribution in [3.8, 4) is 0 Å². The van der Waals surface area contributed by atoms with Gasteiger partial charge in [0, 0.05) is 11.6 Å². The minimum atomic E-state index is -4.63. The fourth-order valence-electron chi connectivity index (χ4n) is 1.45. The van der Waals surface area contributed by atoms with Crippen molar-refractivity contribution in [2.45, 2.75) is 45.5 Å². The third-order valence-corrected chi connectivity index (χ3v) is 2.29. The summed E-state index contributed by atoms with van der Waals surface area (Å²) in [6.45, 7) is 6.89. The van der Waals surface area contributed by atoms with Gasteiger partial charge in [-0.1, -0.05) is 0 Å². The van der Waals surface area contributed by atoms with Gasteiger partial charge >= 0.3 is 6.18 Å². The Hall–Kier alpha value is -2.06. The zero-order chi connectivity index (χ0) is 16.4. The molecule has 9 heteroatoms. The molecule has 0 saturated heterocycles. The highest BCUT2D eigenvalue weighted by Gasteiger charge is 2.33. The molecule has 4 N–H and O–H groups in total. The number of anilines is 2. The van der Waals surface area contributed by atoms with E-state index in [1.54, 1.807) is 20.8 Å². The summed E-state index contributed by atoms with van der Waals surface area (Å²) in [6, 6.07) is -0.0726. The lowest BCUT2D eigenvalue weighted by Crippen LogP contribution is -2.47. The molecule has 1 heterocycles. The van der Waals surface area contributed by atoms with Gasteiger partial charge < -0.3 is 16.4 Å². The minimum absolute atomic E-state index is 0.161. The summed E-state index contributed by atoms with van der Waals surface area (Å²) >= 11 is 0. The van der Waals surface area contributed by atoms with E-state index in [-0.39, 0.29) is 11.7 Å². The summed E-state index contributed by atoms with van der Waals surface area (Å²) in [6.07, 6.45) is -4.63. The Labute approximate surface area is 120 Å². The second kappa shape index (κ2) is 5.74. The molecule has 21 heavy (non-hydrogen) atoms. The number of nitrogens with zero attached hydrogens (tertiary/aromatic N) is 2. The van der Waals surface area contributed by atoms with Gasteiger partial charge in [-0.25, -0.2) is 4.98 Å². The van der Waals surface area contributed by atoms with Gasteiger partial charge in [0.15, 0.2) is 5.69 Å². The Morgan fingerprint density at radius 2 is 1.86 bits per heavy atom. The number of hydrogen-bond acceptors (Lipinski definition) is 5. The lowest BCUT2D eigenvalue weighted by Gasteiger charge is -2.24. The molecule has 1 rings (SSSR count). The molecule has 1 unspecified atom stereocenters. The molecule has 0 radical (unpaired) electrons. The minimum Gasteiger partial charge on any atom is -0.368 e. The lowest BCUT2D eigenvalue weighted by molar-refractivity contribution is -0.141. The number of aromatic nitrogens is 2. The highest BCUT2D eigenvalue weighted by molar-refractivity contribution is 5.84. The first-order valence-electron chi connectivity index (χ1n) is 6.19. The highest BCUT2D eigenvalue weighted by atomic mass is 19.4. The van der Waals surface area contributed by atoms with Crippen molar-refractivity contribution < 1.29 is 18.0 Å². The van der Waals surface area contributed by atoms with Crippen LogP contribution in [0.25, 0.3) is 0 Å². The highest BCUT2D eigenvalue weighted by Crippen LogP contribution is 2.29. The largest absolute Gasteiger partial charge is 0.433 e. The van der Waals surface area contributed by atoms with Crippen molar-refractivity contribution in [1.29, 1.82) is 0 Å². The van der Waals surface area contributed by atoms with Crippen molar-refractivity contribution >= 4 is 17.7 Å². The first kappa shape index (κ1) is 17.0. The summed E-state index contributed by atoms with van der Waals surface area (Å²) in [5, 5.41) is 5.27. The number of halogens is 3. The predicted molar refractivity (Wildman–Crippen MR) is 72.4 cm³/mol. The van der Waals surface area contributed by atoms with Gasteiger partial charge in [-0.3, -0.25) is 4.79 Å². The normalized spacial score (nSPS) is 13.7. The smallest absolute Gasteiger partial charge is 0.368 e. The topological polar surface area (TPSA) is 92.9 Å². The lowest BCUT2D eigenvalue weighted by atomic mass is 10.1. The molecule has 1 amide bonds. The number of amides is 1. The summed E-state index contributed by atoms with van der Waals surface area (Å²) in [4.78, 5) is 18.6. The molecular formula is C12H18F3N5O. The van der Waals surface area contributed by atoms with Crippen LogP contribution in [0.2, 0.25) is 0 Å². The number of carbonyl (C=O) groups excluding carboxylic acids is 1. The molecule has 0 fully saturated rings. The zero-order valence-corrected chi connectivity index (χ0v) is 12.2. The third kappa shape index (κ3) is 5.44. The first-order valence-corrected chi connectivity index (χ1v) is 6.19. The van der Waals surface area contributed by atoms with Crippen molar-refractivity contribution in [2.75, 3.05) is 11.1 Å². The number of hydrogen-bond donors (Lipinski definition) is 3. The van der Waals surface area contributed by atoms with Gasteiger partial charge in [0.25, 0.3) is 0 Å². The Morgan fingerprint density at radius 3 is 2.33 bits per heavy atom. The first-order chi connectivity index (χ1) is 9.38. The van der Waals surface area contributed by atoms with Crippen LogP contribution in [-0.4, -0.2) is 27.5 Å². The monoisotopic (exact) mass is 305 g/mol. The zero-order valence-electron chi connectivity index (χ0n) is 12.2. The predicted octanol–water partition coefficient (Wildman–Crippen LogP) is 1.79. The average Bonchev–Trinajstić information content (AvgIpc) is 2.24. The Bertz CT molecular complexity index is 525. The van der Waals surface area contributed by atoms with Crippen molar-refractivity contribution in [3.05, 3.63) is 11.8 Å². The van der Waals surface area contributed by atoms with E-state index in [0.717, 1.165) is 0 Å². The van der Waals surface area contributed by atoms with E-state index in [2.05, 4.69) is 20.6 Å². The summed E-state index contributed by atoms with van der Waals surface area (Å²) < 4.78 is 37.8. The Kier molecular flexibility index (Phi) is 4.65. The van der Waals surface area contributed by atoms with E-state index in [1.807, 2.05) is 0 Å². The second-order valence-electron chi connectivity index (χ2n) is 5.60. The fourth-order valence-corrected chi connectivity index (χ4v) is 1.45. The van der Waals surface area contributed by atoms with Crippen LogP contribution in [0.1, 0.15) is 33.4 Å². The molecule has 0 saturated carbocycles. The van der Waals surface area contributed by atoms with Crippen LogP contribution in [0.3, 0.4) is 0 Å². The molecule has 1 atom stereocenters. The quantitative estimate of drug-likeness (QED) is 0.791. The fraction of sp³-hybridized carbons (Fsp3) is 0.583. The van der Waals surface area contributed by atoms with Crippen LogP contribution in [0, 0.1) is 0 Å². The van der Waals surface area contributed by atoms with Gasteiger partial charge in [0.2, 0.25) is 11.9 Å². The third-order valence-electron chi connectivity index (χ3n) is 2.29. The molecule has 0 spiro atoms. The van der Waals surface area contributed by atoms with Crippen LogP contribution in [0.15, 0.2) is 6.07 Å². The molecule has 0 aliphatic heterocycles. The van der Waals surface area contributed by atoms with Crippen LogP contribution >= 0.6 is 0 Å². The molecule has 0 aliphatic rings. The standard InChI is InChI=1S/C12H18F3N5O/c1-6(9(21)20-11(2,3)4)17-8-5-7(12(13,14)15)18-10(16)19-8/h5-6H,1-4H3,(H,20,21)(H3,16,17,18,19). The van der Waals surface area contributed by atoms with Crippen molar-refractivity contribution in [3.63, 3.8) is 0 Å².